The summed E-state index contributed by atoms with van der Waals surface area (Å²) in [6, 6.07) is 10.4. The maximum absolute atomic E-state index is 12.3. The molecule has 0 amide bonds. The quantitative estimate of drug-likeness (QED) is 0.290. The number of rotatable bonds is 7. The van der Waals surface area contributed by atoms with Crippen LogP contribution >= 0.6 is 23.2 Å². The van der Waals surface area contributed by atoms with Crippen LogP contribution in [0.4, 0.5) is 11.4 Å². The number of benzene rings is 2. The van der Waals surface area contributed by atoms with E-state index in [0.717, 1.165) is 16.6 Å². The van der Waals surface area contributed by atoms with Crippen molar-refractivity contribution < 1.29 is 46.7 Å². The van der Waals surface area contributed by atoms with Crippen LogP contribution in [-0.2, 0) is 21.1 Å². The van der Waals surface area contributed by atoms with Crippen LogP contribution in [0.15, 0.2) is 51.5 Å². The Morgan fingerprint density at radius 2 is 1.87 bits per heavy atom. The van der Waals surface area contributed by atoms with Gasteiger partial charge in [0.1, 0.15) is 22.4 Å². The minimum atomic E-state index is -4.41. The molecule has 0 bridgehead atoms. The van der Waals surface area contributed by atoms with E-state index in [-0.39, 0.29) is 56.7 Å². The fourth-order valence-electron chi connectivity index (χ4n) is 2.57. The zero-order chi connectivity index (χ0) is 21.2. The van der Waals surface area contributed by atoms with Crippen LogP contribution in [0.5, 0.6) is 0 Å². The van der Waals surface area contributed by atoms with Crippen molar-refractivity contribution in [3.63, 3.8) is 0 Å². The Labute approximate surface area is 208 Å². The molecule has 0 radical (unpaired) electrons. The van der Waals surface area contributed by atoms with E-state index in [1.165, 1.54) is 12.1 Å². The number of aromatic nitrogens is 1. The van der Waals surface area contributed by atoms with Crippen LogP contribution in [0.25, 0.3) is 10.9 Å². The topological polar surface area (TPSA) is 127 Å². The summed E-state index contributed by atoms with van der Waals surface area (Å²) in [6.45, 7) is 1.59. The minimum absolute atomic E-state index is 0. The molecule has 1 atom stereocenters. The molecule has 0 aliphatic heterocycles. The molecule has 154 valence electrons. The molecule has 0 fully saturated rings. The predicted octanol–water partition coefficient (Wildman–Crippen LogP) is 1.36. The second-order valence-corrected chi connectivity index (χ2v) is 9.61. The third kappa shape index (κ3) is 6.35. The fraction of sp³-hybridized carbons (Fsp3) is 0.176. The summed E-state index contributed by atoms with van der Waals surface area (Å²) >= 11 is 12.4. The minimum Gasteiger partial charge on any atom is -0.748 e. The van der Waals surface area contributed by atoms with Gasteiger partial charge in [-0.3, -0.25) is 0 Å². The third-order valence-corrected chi connectivity index (χ3v) is 6.54. The van der Waals surface area contributed by atoms with Gasteiger partial charge < -0.3 is 9.54 Å². The zero-order valence-electron chi connectivity index (χ0n) is 16.0. The van der Waals surface area contributed by atoms with Gasteiger partial charge in [0.15, 0.2) is 0 Å². The van der Waals surface area contributed by atoms with Gasteiger partial charge in [0.2, 0.25) is 0 Å². The number of azo groups is 1. The van der Waals surface area contributed by atoms with Gasteiger partial charge in [-0.15, -0.1) is 10.2 Å². The van der Waals surface area contributed by atoms with Gasteiger partial charge in [-0.1, -0.05) is 41.4 Å². The average molecular weight is 497 g/mol. The van der Waals surface area contributed by atoms with Crippen molar-refractivity contribution in [2.75, 3.05) is 12.3 Å². The fourth-order valence-corrected chi connectivity index (χ4v) is 4.59. The number of hydrogen-bond donors (Lipinski definition) is 2. The summed E-state index contributed by atoms with van der Waals surface area (Å²) < 4.78 is 46.5. The summed E-state index contributed by atoms with van der Waals surface area (Å²) in [5.74, 6) is -0.694. The first-order valence-corrected chi connectivity index (χ1v) is 11.7. The van der Waals surface area contributed by atoms with Crippen LogP contribution in [0.1, 0.15) is 5.69 Å². The van der Waals surface area contributed by atoms with Crippen LogP contribution in [0, 0.1) is 6.92 Å². The largest absolute Gasteiger partial charge is 1.00 e. The van der Waals surface area contributed by atoms with Crippen molar-refractivity contribution in [3.8, 4) is 0 Å². The van der Waals surface area contributed by atoms with Gasteiger partial charge >= 0.3 is 29.6 Å². The smallest absolute Gasteiger partial charge is 0.748 e. The molecule has 0 spiro atoms. The molecule has 0 aliphatic rings. The van der Waals surface area contributed by atoms with Gasteiger partial charge in [-0.2, -0.15) is 0 Å². The Morgan fingerprint density at radius 1 is 1.17 bits per heavy atom. The molecule has 3 rings (SSSR count). The number of aromatic amines is 1. The molecular formula is C17H15Cl2N4NaO4S2. The Bertz CT molecular complexity index is 1230. The number of para-hydroxylation sites is 1. The standard InChI is InChI=1S/C17H16Cl2N4O4S2.Na/c1-10-17(11-4-2-3-5-14(11)21-10)23-22-15-8-13(19)16(9-12(15)18)28(24)20-6-7-29(25,26)27;/h2-5,8-9,20-21H,6-7H2,1H3,(H,25,26,27);/q;+1/p-1. The van der Waals surface area contributed by atoms with Gasteiger partial charge in [0.25, 0.3) is 0 Å². The molecule has 2 aromatic carbocycles. The summed E-state index contributed by atoms with van der Waals surface area (Å²) in [5, 5.41) is 9.62. The number of nitrogens with zero attached hydrogens (tertiary/aromatic N) is 2. The first-order chi connectivity index (χ1) is 13.7. The summed E-state index contributed by atoms with van der Waals surface area (Å²) in [6.07, 6.45) is 0. The monoisotopic (exact) mass is 496 g/mol. The van der Waals surface area contributed by atoms with Crippen LogP contribution < -0.4 is 34.3 Å². The van der Waals surface area contributed by atoms with Crippen LogP contribution in [0.2, 0.25) is 10.0 Å². The van der Waals surface area contributed by atoms with Crippen molar-refractivity contribution in [1.82, 2.24) is 9.71 Å². The molecule has 3 aromatic rings. The van der Waals surface area contributed by atoms with E-state index in [1.54, 1.807) is 0 Å². The van der Waals surface area contributed by atoms with E-state index in [0.29, 0.717) is 5.69 Å². The van der Waals surface area contributed by atoms with Gasteiger partial charge in [0, 0.05) is 23.1 Å². The molecule has 1 heterocycles. The molecule has 0 saturated carbocycles. The van der Waals surface area contributed by atoms with Crippen molar-refractivity contribution in [2.24, 2.45) is 10.2 Å². The maximum Gasteiger partial charge on any atom is 1.00 e. The van der Waals surface area contributed by atoms with E-state index in [1.807, 2.05) is 31.2 Å². The van der Waals surface area contributed by atoms with Gasteiger partial charge in [-0.25, -0.2) is 17.3 Å². The molecular weight excluding hydrogens is 482 g/mol. The Balaban J connectivity index is 0.00000320. The first kappa shape index (κ1) is 25.4. The normalized spacial score (nSPS) is 12.9. The molecule has 0 aliphatic carbocycles. The van der Waals surface area contributed by atoms with E-state index in [4.69, 9.17) is 23.2 Å². The van der Waals surface area contributed by atoms with Gasteiger partial charge in [-0.05, 0) is 25.1 Å². The Kier molecular flexibility index (Phi) is 9.04. The molecule has 1 aromatic heterocycles. The SMILES string of the molecule is Cc1[nH]c2ccccc2c1N=Nc1cc(Cl)c(S(=O)NCCS(=O)(=O)[O-])cc1Cl.[Na+]. The zero-order valence-corrected chi connectivity index (χ0v) is 21.1. The predicted molar refractivity (Wildman–Crippen MR) is 113 cm³/mol. The van der Waals surface area contributed by atoms with E-state index in [2.05, 4.69) is 19.9 Å². The number of H-pyrrole nitrogens is 1. The maximum atomic E-state index is 12.3. The molecule has 13 heteroatoms. The first-order valence-electron chi connectivity index (χ1n) is 8.22. The number of hydrogen-bond acceptors (Lipinski definition) is 6. The van der Waals surface area contributed by atoms with E-state index < -0.39 is 26.9 Å². The van der Waals surface area contributed by atoms with Crippen molar-refractivity contribution >= 4 is 66.6 Å². The second kappa shape index (κ2) is 10.7. The molecule has 30 heavy (non-hydrogen) atoms. The molecule has 8 nitrogen and oxygen atoms in total. The average Bonchev–Trinajstić information content (AvgIpc) is 2.96. The van der Waals surface area contributed by atoms with Crippen molar-refractivity contribution in [1.29, 1.82) is 0 Å². The number of fused-ring (bicyclic) bond motifs is 1. The second-order valence-electron chi connectivity index (χ2n) is 6.00. The summed E-state index contributed by atoms with van der Waals surface area (Å²) in [5.41, 5.74) is 2.72. The van der Waals surface area contributed by atoms with Crippen LogP contribution in [0.3, 0.4) is 0 Å². The van der Waals surface area contributed by atoms with Gasteiger partial charge in [0.05, 0.1) is 30.8 Å². The number of halogens is 2. The van der Waals surface area contributed by atoms with E-state index >= 15 is 0 Å². The molecule has 2 N–H and O–H groups in total. The van der Waals surface area contributed by atoms with Crippen LogP contribution in [-0.4, -0.2) is 34.5 Å². The molecule has 1 unspecified atom stereocenters. The Morgan fingerprint density at radius 3 is 2.57 bits per heavy atom. The molecule has 0 saturated heterocycles. The van der Waals surface area contributed by atoms with Crippen molar-refractivity contribution in [2.45, 2.75) is 11.8 Å². The Hall–Kier alpha value is -0.820. The van der Waals surface area contributed by atoms with E-state index in [9.17, 15) is 17.2 Å². The summed E-state index contributed by atoms with van der Waals surface area (Å²) in [7, 11) is -6.26. The third-order valence-electron chi connectivity index (χ3n) is 3.90. The van der Waals surface area contributed by atoms with Crippen molar-refractivity contribution in [3.05, 3.63) is 52.1 Å². The summed E-state index contributed by atoms with van der Waals surface area (Å²) in [4.78, 5) is 3.36. The number of aryl methyl sites for hydroxylation is 1. The number of nitrogens with one attached hydrogen (secondary N) is 2.